The van der Waals surface area contributed by atoms with Crippen LogP contribution >= 0.6 is 11.3 Å². The number of thiazole rings is 1. The van der Waals surface area contributed by atoms with Gasteiger partial charge in [0, 0.05) is 5.38 Å². The van der Waals surface area contributed by atoms with E-state index in [9.17, 15) is 0 Å². The summed E-state index contributed by atoms with van der Waals surface area (Å²) in [5.74, 6) is 0.863. The van der Waals surface area contributed by atoms with Gasteiger partial charge in [0.1, 0.15) is 12.4 Å². The van der Waals surface area contributed by atoms with Gasteiger partial charge in [-0.05, 0) is 24.6 Å². The van der Waals surface area contributed by atoms with Gasteiger partial charge in [-0.1, -0.05) is 12.1 Å². The molecule has 0 amide bonds. The Balaban J connectivity index is 1.99. The van der Waals surface area contributed by atoms with Gasteiger partial charge in [-0.25, -0.2) is 4.98 Å². The monoisotopic (exact) mass is 220 g/mol. The molecule has 4 heteroatoms. The van der Waals surface area contributed by atoms with Crippen molar-refractivity contribution < 1.29 is 4.74 Å². The zero-order valence-corrected chi connectivity index (χ0v) is 9.25. The lowest BCUT2D eigenvalue weighted by Gasteiger charge is -2.04. The van der Waals surface area contributed by atoms with Crippen molar-refractivity contribution in [3.05, 3.63) is 40.9 Å². The number of anilines is 1. The van der Waals surface area contributed by atoms with E-state index in [1.165, 1.54) is 16.9 Å². The molecule has 1 aromatic heterocycles. The second-order valence-corrected chi connectivity index (χ2v) is 4.17. The van der Waals surface area contributed by atoms with Crippen molar-refractivity contribution in [2.75, 3.05) is 5.73 Å². The molecule has 78 valence electrons. The number of hydrogen-bond donors (Lipinski definition) is 1. The van der Waals surface area contributed by atoms with Crippen LogP contribution in [0.1, 0.15) is 11.3 Å². The Labute approximate surface area is 92.5 Å². The lowest BCUT2D eigenvalue weighted by molar-refractivity contribution is 0.302. The maximum Gasteiger partial charge on any atom is 0.180 e. The average molecular weight is 220 g/mol. The summed E-state index contributed by atoms with van der Waals surface area (Å²) in [6, 6.07) is 7.94. The number of nitrogen functional groups attached to an aromatic ring is 1. The van der Waals surface area contributed by atoms with Gasteiger partial charge in [0.05, 0.1) is 5.69 Å². The average Bonchev–Trinajstić information content (AvgIpc) is 2.62. The van der Waals surface area contributed by atoms with Crippen LogP contribution in [0.4, 0.5) is 5.13 Å². The Morgan fingerprint density at radius 1 is 1.47 bits per heavy atom. The molecule has 0 radical (unpaired) electrons. The molecular weight excluding hydrogens is 208 g/mol. The van der Waals surface area contributed by atoms with E-state index in [0.29, 0.717) is 11.7 Å². The molecule has 0 aliphatic rings. The molecule has 1 heterocycles. The molecule has 0 aliphatic carbocycles. The van der Waals surface area contributed by atoms with Crippen LogP contribution < -0.4 is 10.5 Å². The molecule has 1 aromatic carbocycles. The SMILES string of the molecule is Cc1cccc(OCc2csc(N)n2)c1. The lowest BCUT2D eigenvalue weighted by atomic mass is 10.2. The first-order chi connectivity index (χ1) is 7.24. The van der Waals surface area contributed by atoms with Crippen molar-refractivity contribution >= 4 is 16.5 Å². The van der Waals surface area contributed by atoms with Crippen molar-refractivity contribution in [1.82, 2.24) is 4.98 Å². The highest BCUT2D eigenvalue weighted by Gasteiger charge is 2.00. The van der Waals surface area contributed by atoms with E-state index in [4.69, 9.17) is 10.5 Å². The van der Waals surface area contributed by atoms with E-state index in [0.717, 1.165) is 11.4 Å². The Morgan fingerprint density at radius 2 is 2.33 bits per heavy atom. The van der Waals surface area contributed by atoms with E-state index in [-0.39, 0.29) is 0 Å². The second-order valence-electron chi connectivity index (χ2n) is 3.28. The highest BCUT2D eigenvalue weighted by molar-refractivity contribution is 7.13. The standard InChI is InChI=1S/C11H12N2OS/c1-8-3-2-4-10(5-8)14-6-9-7-15-11(12)13-9/h2-5,7H,6H2,1H3,(H2,12,13). The highest BCUT2D eigenvalue weighted by Crippen LogP contribution is 2.16. The molecule has 0 spiro atoms. The fourth-order valence-electron chi connectivity index (χ4n) is 1.25. The molecule has 15 heavy (non-hydrogen) atoms. The summed E-state index contributed by atoms with van der Waals surface area (Å²) in [6.07, 6.45) is 0. The lowest BCUT2D eigenvalue weighted by Crippen LogP contribution is -1.96. The first kappa shape index (κ1) is 9.98. The minimum Gasteiger partial charge on any atom is -0.487 e. The predicted molar refractivity (Wildman–Crippen MR) is 62.0 cm³/mol. The summed E-state index contributed by atoms with van der Waals surface area (Å²) in [5.41, 5.74) is 7.58. The van der Waals surface area contributed by atoms with Crippen LogP contribution in [0.25, 0.3) is 0 Å². The Hall–Kier alpha value is -1.55. The molecule has 2 N–H and O–H groups in total. The number of aryl methyl sites for hydroxylation is 1. The third-order valence-corrected chi connectivity index (χ3v) is 2.67. The summed E-state index contributed by atoms with van der Waals surface area (Å²) in [7, 11) is 0. The van der Waals surface area contributed by atoms with Gasteiger partial charge in [-0.3, -0.25) is 0 Å². The smallest absolute Gasteiger partial charge is 0.180 e. The minimum absolute atomic E-state index is 0.469. The van der Waals surface area contributed by atoms with E-state index in [2.05, 4.69) is 4.98 Å². The van der Waals surface area contributed by atoms with Gasteiger partial charge in [-0.2, -0.15) is 0 Å². The number of nitrogens with zero attached hydrogens (tertiary/aromatic N) is 1. The Morgan fingerprint density at radius 3 is 3.00 bits per heavy atom. The van der Waals surface area contributed by atoms with Gasteiger partial charge >= 0.3 is 0 Å². The second kappa shape index (κ2) is 4.31. The quantitative estimate of drug-likeness (QED) is 0.865. The topological polar surface area (TPSA) is 48.1 Å². The van der Waals surface area contributed by atoms with Crippen LogP contribution in [0.15, 0.2) is 29.6 Å². The van der Waals surface area contributed by atoms with E-state index in [1.54, 1.807) is 0 Å². The minimum atomic E-state index is 0.469. The maximum atomic E-state index is 5.57. The number of nitrogens with two attached hydrogens (primary N) is 1. The summed E-state index contributed by atoms with van der Waals surface area (Å²) in [5, 5.41) is 2.49. The van der Waals surface area contributed by atoms with Gasteiger partial charge in [-0.15, -0.1) is 11.3 Å². The van der Waals surface area contributed by atoms with Gasteiger partial charge in [0.15, 0.2) is 5.13 Å². The number of rotatable bonds is 3. The third-order valence-electron chi connectivity index (χ3n) is 1.95. The predicted octanol–water partition coefficient (Wildman–Crippen LogP) is 2.61. The summed E-state index contributed by atoms with van der Waals surface area (Å²) >= 11 is 1.43. The van der Waals surface area contributed by atoms with Gasteiger partial charge in [0.2, 0.25) is 0 Å². The van der Waals surface area contributed by atoms with Crippen LogP contribution in [-0.4, -0.2) is 4.98 Å². The highest BCUT2D eigenvalue weighted by atomic mass is 32.1. The molecule has 0 fully saturated rings. The van der Waals surface area contributed by atoms with Crippen LogP contribution in [0.5, 0.6) is 5.75 Å². The zero-order valence-electron chi connectivity index (χ0n) is 8.43. The van der Waals surface area contributed by atoms with Crippen molar-refractivity contribution in [3.8, 4) is 5.75 Å². The first-order valence-electron chi connectivity index (χ1n) is 4.63. The number of ether oxygens (including phenoxy) is 1. The van der Waals surface area contributed by atoms with Gasteiger partial charge < -0.3 is 10.5 Å². The maximum absolute atomic E-state index is 5.57. The number of aromatic nitrogens is 1. The molecule has 0 saturated heterocycles. The molecule has 0 unspecified atom stereocenters. The zero-order chi connectivity index (χ0) is 10.7. The largest absolute Gasteiger partial charge is 0.487 e. The molecule has 3 nitrogen and oxygen atoms in total. The fourth-order valence-corrected chi connectivity index (χ4v) is 1.80. The molecular formula is C11H12N2OS. The normalized spacial score (nSPS) is 10.2. The van der Waals surface area contributed by atoms with Crippen molar-refractivity contribution in [3.63, 3.8) is 0 Å². The Bertz CT molecular complexity index is 453. The molecule has 0 aliphatic heterocycles. The fraction of sp³-hybridized carbons (Fsp3) is 0.182. The molecule has 0 atom stereocenters. The van der Waals surface area contributed by atoms with E-state index >= 15 is 0 Å². The van der Waals surface area contributed by atoms with Crippen molar-refractivity contribution in [2.45, 2.75) is 13.5 Å². The van der Waals surface area contributed by atoms with Crippen LogP contribution in [0.3, 0.4) is 0 Å². The summed E-state index contributed by atoms with van der Waals surface area (Å²) < 4.78 is 5.57. The van der Waals surface area contributed by atoms with Crippen LogP contribution in [-0.2, 0) is 6.61 Å². The summed E-state index contributed by atoms with van der Waals surface area (Å²) in [4.78, 5) is 4.12. The number of hydrogen-bond acceptors (Lipinski definition) is 4. The van der Waals surface area contributed by atoms with E-state index < -0.39 is 0 Å². The van der Waals surface area contributed by atoms with Crippen molar-refractivity contribution in [1.29, 1.82) is 0 Å². The van der Waals surface area contributed by atoms with Crippen LogP contribution in [0, 0.1) is 6.92 Å². The number of benzene rings is 1. The molecule has 2 aromatic rings. The van der Waals surface area contributed by atoms with Crippen molar-refractivity contribution in [2.24, 2.45) is 0 Å². The third kappa shape index (κ3) is 2.70. The summed E-state index contributed by atoms with van der Waals surface area (Å²) in [6.45, 7) is 2.50. The van der Waals surface area contributed by atoms with Gasteiger partial charge in [0.25, 0.3) is 0 Å². The van der Waals surface area contributed by atoms with E-state index in [1.807, 2.05) is 36.6 Å². The Kier molecular flexibility index (Phi) is 2.87. The molecule has 2 rings (SSSR count). The van der Waals surface area contributed by atoms with Crippen LogP contribution in [0.2, 0.25) is 0 Å². The molecule has 0 bridgehead atoms. The first-order valence-corrected chi connectivity index (χ1v) is 5.51. The molecule has 0 saturated carbocycles.